The predicted octanol–water partition coefficient (Wildman–Crippen LogP) is 1.25. The molecular weight excluding hydrogens is 100 g/mol. The minimum Gasteiger partial charge on any atom is -0.389 e. The molecule has 0 heterocycles. The number of rotatable bonds is 0. The molecule has 0 amide bonds. The highest BCUT2D eigenvalue weighted by atomic mass is 16.3. The number of allylic oxidation sites excluding steroid dienone is 2. The summed E-state index contributed by atoms with van der Waals surface area (Å²) < 4.78 is 0. The molecule has 0 spiro atoms. The summed E-state index contributed by atoms with van der Waals surface area (Å²) in [6.07, 6.45) is 6.28. The van der Waals surface area contributed by atoms with E-state index in [1.807, 2.05) is 19.1 Å². The molecule has 0 aromatic heterocycles. The lowest BCUT2D eigenvalue weighted by atomic mass is 10.1. The molecule has 1 heteroatoms. The molecule has 1 aliphatic rings. The van der Waals surface area contributed by atoms with Crippen LogP contribution in [0.5, 0.6) is 0 Å². The number of hydrogen-bond donors (Lipinski definition) is 1. The van der Waals surface area contributed by atoms with Crippen LogP contribution in [0.25, 0.3) is 0 Å². The van der Waals surface area contributed by atoms with E-state index in [1.165, 1.54) is 5.57 Å². The van der Waals surface area contributed by atoms with E-state index in [4.69, 9.17) is 5.11 Å². The van der Waals surface area contributed by atoms with Gasteiger partial charge >= 0.3 is 0 Å². The first-order valence-electron chi connectivity index (χ1n) is 2.81. The van der Waals surface area contributed by atoms with Crippen molar-refractivity contribution in [3.63, 3.8) is 0 Å². The second-order valence-corrected chi connectivity index (χ2v) is 2.17. The predicted molar refractivity (Wildman–Crippen MR) is 33.5 cm³/mol. The maximum absolute atomic E-state index is 8.95. The fourth-order valence-electron chi connectivity index (χ4n) is 0.814. The topological polar surface area (TPSA) is 20.2 Å². The molecule has 1 atom stereocenters. The monoisotopic (exact) mass is 110 g/mol. The molecule has 0 saturated carbocycles. The van der Waals surface area contributed by atoms with Gasteiger partial charge in [0.1, 0.15) is 0 Å². The van der Waals surface area contributed by atoms with Crippen LogP contribution in [0.4, 0.5) is 0 Å². The highest BCUT2D eigenvalue weighted by molar-refractivity contribution is 5.18. The second kappa shape index (κ2) is 2.14. The fraction of sp³-hybridized carbons (Fsp3) is 0.429. The van der Waals surface area contributed by atoms with Crippen molar-refractivity contribution < 1.29 is 5.11 Å². The third-order valence-electron chi connectivity index (χ3n) is 1.25. The summed E-state index contributed by atoms with van der Waals surface area (Å²) in [7, 11) is 0. The molecule has 1 rings (SSSR count). The van der Waals surface area contributed by atoms with Crippen LogP contribution in [0.2, 0.25) is 0 Å². The standard InChI is InChI=1S/C7H10O/c1-6-3-2-4-7(8)5-6/h2-4,7-8H,5H2,1H3/t7-/m1/s1. The molecule has 44 valence electrons. The summed E-state index contributed by atoms with van der Waals surface area (Å²) in [6.45, 7) is 2.02. The van der Waals surface area contributed by atoms with Crippen molar-refractivity contribution >= 4 is 0 Å². The Morgan fingerprint density at radius 2 is 2.50 bits per heavy atom. The first-order chi connectivity index (χ1) is 3.79. The molecule has 8 heavy (non-hydrogen) atoms. The average Bonchev–Trinajstić information content (AvgIpc) is 1.64. The van der Waals surface area contributed by atoms with Crippen LogP contribution in [-0.4, -0.2) is 11.2 Å². The molecule has 1 aliphatic carbocycles. The van der Waals surface area contributed by atoms with E-state index in [1.54, 1.807) is 6.08 Å². The summed E-state index contributed by atoms with van der Waals surface area (Å²) in [4.78, 5) is 0. The number of hydrogen-bond acceptors (Lipinski definition) is 1. The molecule has 1 N–H and O–H groups in total. The Morgan fingerprint density at radius 3 is 2.88 bits per heavy atom. The van der Waals surface area contributed by atoms with Gasteiger partial charge < -0.3 is 5.11 Å². The van der Waals surface area contributed by atoms with Crippen LogP contribution in [0, 0.1) is 0 Å². The van der Waals surface area contributed by atoms with Gasteiger partial charge in [0.25, 0.3) is 0 Å². The van der Waals surface area contributed by atoms with Crippen molar-refractivity contribution in [3.05, 3.63) is 23.8 Å². The zero-order valence-corrected chi connectivity index (χ0v) is 4.96. The Bertz CT molecular complexity index is 133. The van der Waals surface area contributed by atoms with Crippen molar-refractivity contribution in [2.45, 2.75) is 19.4 Å². The smallest absolute Gasteiger partial charge is 0.0761 e. The molecule has 0 aromatic carbocycles. The molecule has 0 aliphatic heterocycles. The summed E-state index contributed by atoms with van der Waals surface area (Å²) >= 11 is 0. The lowest BCUT2D eigenvalue weighted by molar-refractivity contribution is 0.222. The van der Waals surface area contributed by atoms with E-state index in [9.17, 15) is 0 Å². The van der Waals surface area contributed by atoms with Gasteiger partial charge in [-0.2, -0.15) is 0 Å². The van der Waals surface area contributed by atoms with E-state index in [0.29, 0.717) is 0 Å². The third kappa shape index (κ3) is 1.20. The number of aliphatic hydroxyl groups excluding tert-OH is 1. The van der Waals surface area contributed by atoms with E-state index >= 15 is 0 Å². The normalized spacial score (nSPS) is 27.8. The van der Waals surface area contributed by atoms with Crippen LogP contribution in [0.15, 0.2) is 23.8 Å². The van der Waals surface area contributed by atoms with Crippen molar-refractivity contribution in [3.8, 4) is 0 Å². The number of aliphatic hydroxyl groups is 1. The first-order valence-corrected chi connectivity index (χ1v) is 2.81. The van der Waals surface area contributed by atoms with E-state index < -0.39 is 0 Å². The van der Waals surface area contributed by atoms with Gasteiger partial charge in [-0.1, -0.05) is 23.8 Å². The van der Waals surface area contributed by atoms with Crippen molar-refractivity contribution in [1.29, 1.82) is 0 Å². The van der Waals surface area contributed by atoms with Gasteiger partial charge in [0.2, 0.25) is 0 Å². The highest BCUT2D eigenvalue weighted by Crippen LogP contribution is 2.10. The maximum Gasteiger partial charge on any atom is 0.0761 e. The molecule has 0 unspecified atom stereocenters. The van der Waals surface area contributed by atoms with Gasteiger partial charge in [-0.25, -0.2) is 0 Å². The molecule has 0 aromatic rings. The molecule has 0 radical (unpaired) electrons. The van der Waals surface area contributed by atoms with Gasteiger partial charge in [0.15, 0.2) is 0 Å². The van der Waals surface area contributed by atoms with Gasteiger partial charge in [-0.3, -0.25) is 0 Å². The van der Waals surface area contributed by atoms with Crippen molar-refractivity contribution in [2.24, 2.45) is 0 Å². The summed E-state index contributed by atoms with van der Waals surface area (Å²) in [6, 6.07) is 0. The zero-order chi connectivity index (χ0) is 5.98. The van der Waals surface area contributed by atoms with E-state index in [-0.39, 0.29) is 6.10 Å². The molecule has 0 fully saturated rings. The SMILES string of the molecule is CC1=CC=C[C@@H](O)C1. The van der Waals surface area contributed by atoms with Gasteiger partial charge in [-0.15, -0.1) is 0 Å². The second-order valence-electron chi connectivity index (χ2n) is 2.17. The molecular formula is C7H10O. The van der Waals surface area contributed by atoms with Crippen LogP contribution in [0.1, 0.15) is 13.3 Å². The van der Waals surface area contributed by atoms with Crippen LogP contribution >= 0.6 is 0 Å². The summed E-state index contributed by atoms with van der Waals surface area (Å²) in [5, 5.41) is 8.95. The minimum atomic E-state index is -0.236. The van der Waals surface area contributed by atoms with Crippen molar-refractivity contribution in [1.82, 2.24) is 0 Å². The first kappa shape index (κ1) is 5.57. The van der Waals surface area contributed by atoms with Gasteiger partial charge in [0, 0.05) is 0 Å². The Morgan fingerprint density at radius 1 is 1.75 bits per heavy atom. The average molecular weight is 110 g/mol. The zero-order valence-electron chi connectivity index (χ0n) is 4.96. The van der Waals surface area contributed by atoms with Gasteiger partial charge in [0.05, 0.1) is 6.10 Å². The van der Waals surface area contributed by atoms with Crippen LogP contribution < -0.4 is 0 Å². The van der Waals surface area contributed by atoms with Crippen molar-refractivity contribution in [2.75, 3.05) is 0 Å². The maximum atomic E-state index is 8.95. The third-order valence-corrected chi connectivity index (χ3v) is 1.25. The molecule has 0 bridgehead atoms. The fourth-order valence-corrected chi connectivity index (χ4v) is 0.814. The largest absolute Gasteiger partial charge is 0.389 e. The van der Waals surface area contributed by atoms with E-state index in [2.05, 4.69) is 0 Å². The Hall–Kier alpha value is -0.560. The highest BCUT2D eigenvalue weighted by Gasteiger charge is 2.01. The Kier molecular flexibility index (Phi) is 1.49. The minimum absolute atomic E-state index is 0.236. The lowest BCUT2D eigenvalue weighted by Gasteiger charge is -2.08. The summed E-state index contributed by atoms with van der Waals surface area (Å²) in [5.74, 6) is 0. The van der Waals surface area contributed by atoms with Gasteiger partial charge in [-0.05, 0) is 13.3 Å². The Balaban J connectivity index is 2.59. The quantitative estimate of drug-likeness (QED) is 0.497. The lowest BCUT2D eigenvalue weighted by Crippen LogP contribution is -2.04. The van der Waals surface area contributed by atoms with E-state index in [0.717, 1.165) is 6.42 Å². The van der Waals surface area contributed by atoms with Crippen LogP contribution in [-0.2, 0) is 0 Å². The molecule has 1 nitrogen and oxygen atoms in total. The molecule has 0 saturated heterocycles. The summed E-state index contributed by atoms with van der Waals surface area (Å²) in [5.41, 5.74) is 1.25. The Labute approximate surface area is 49.3 Å². The van der Waals surface area contributed by atoms with Crippen LogP contribution in [0.3, 0.4) is 0 Å².